The van der Waals surface area contributed by atoms with E-state index in [2.05, 4.69) is 0 Å². The molecular formula is C20H27NO5. The third kappa shape index (κ3) is 3.76. The zero-order valence-corrected chi connectivity index (χ0v) is 14.9. The maximum Gasteiger partial charge on any atom is 0.312 e. The van der Waals surface area contributed by atoms with Gasteiger partial charge in [-0.1, -0.05) is 30.3 Å². The molecule has 1 saturated heterocycles. The van der Waals surface area contributed by atoms with E-state index in [0.717, 1.165) is 5.56 Å². The lowest BCUT2D eigenvalue weighted by atomic mass is 9.71. The Hall–Kier alpha value is -1.92. The molecule has 3 N–H and O–H groups in total. The SMILES string of the molecule is O=C(C1CCC(O)CC1)N1CC[C@](Cc2ccccc2)(C(=O)O)[C@@H](O)C1. The summed E-state index contributed by atoms with van der Waals surface area (Å²) >= 11 is 0. The first kappa shape index (κ1) is 18.9. The third-order valence-electron chi connectivity index (χ3n) is 6.00. The van der Waals surface area contributed by atoms with E-state index in [0.29, 0.717) is 32.2 Å². The van der Waals surface area contributed by atoms with Gasteiger partial charge in [-0.2, -0.15) is 0 Å². The Balaban J connectivity index is 1.69. The van der Waals surface area contributed by atoms with Gasteiger partial charge in [-0.25, -0.2) is 0 Å². The van der Waals surface area contributed by atoms with Gasteiger partial charge >= 0.3 is 5.97 Å². The van der Waals surface area contributed by atoms with Gasteiger partial charge in [0.2, 0.25) is 5.91 Å². The molecule has 6 nitrogen and oxygen atoms in total. The molecule has 2 aliphatic rings. The Bertz CT molecular complexity index is 641. The Morgan fingerprint density at radius 1 is 1.08 bits per heavy atom. The van der Waals surface area contributed by atoms with Crippen LogP contribution in [0.15, 0.2) is 30.3 Å². The van der Waals surface area contributed by atoms with E-state index in [1.54, 1.807) is 4.90 Å². The number of hydrogen-bond donors (Lipinski definition) is 3. The molecule has 1 saturated carbocycles. The van der Waals surface area contributed by atoms with Crippen LogP contribution < -0.4 is 0 Å². The normalized spacial score (nSPS) is 32.2. The van der Waals surface area contributed by atoms with Crippen LogP contribution in [0.1, 0.15) is 37.7 Å². The lowest BCUT2D eigenvalue weighted by Gasteiger charge is -2.44. The van der Waals surface area contributed by atoms with E-state index in [1.165, 1.54) is 0 Å². The van der Waals surface area contributed by atoms with Crippen LogP contribution in [0.4, 0.5) is 0 Å². The summed E-state index contributed by atoms with van der Waals surface area (Å²) in [6.07, 6.45) is 1.62. The fourth-order valence-corrected chi connectivity index (χ4v) is 4.25. The van der Waals surface area contributed by atoms with Crippen LogP contribution in [0.25, 0.3) is 0 Å². The summed E-state index contributed by atoms with van der Waals surface area (Å²) in [4.78, 5) is 26.4. The Labute approximate surface area is 153 Å². The molecule has 0 bridgehead atoms. The topological polar surface area (TPSA) is 98.1 Å². The summed E-state index contributed by atoms with van der Waals surface area (Å²) < 4.78 is 0. The molecule has 26 heavy (non-hydrogen) atoms. The Morgan fingerprint density at radius 2 is 1.73 bits per heavy atom. The van der Waals surface area contributed by atoms with Crippen molar-refractivity contribution in [3.63, 3.8) is 0 Å². The number of carbonyl (C=O) groups is 2. The van der Waals surface area contributed by atoms with Gasteiger partial charge in [-0.15, -0.1) is 0 Å². The van der Waals surface area contributed by atoms with E-state index >= 15 is 0 Å². The van der Waals surface area contributed by atoms with Crippen molar-refractivity contribution in [3.05, 3.63) is 35.9 Å². The fraction of sp³-hybridized carbons (Fsp3) is 0.600. The van der Waals surface area contributed by atoms with Gasteiger partial charge in [-0.3, -0.25) is 9.59 Å². The number of carbonyl (C=O) groups excluding carboxylic acids is 1. The van der Waals surface area contributed by atoms with Gasteiger partial charge in [0.05, 0.1) is 12.2 Å². The molecule has 1 aromatic carbocycles. The van der Waals surface area contributed by atoms with Crippen molar-refractivity contribution in [2.24, 2.45) is 11.3 Å². The Morgan fingerprint density at radius 3 is 2.31 bits per heavy atom. The van der Waals surface area contributed by atoms with Gasteiger partial charge in [0.15, 0.2) is 0 Å². The molecule has 0 aromatic heterocycles. The average Bonchev–Trinajstić information content (AvgIpc) is 2.64. The molecule has 0 spiro atoms. The molecule has 0 radical (unpaired) electrons. The minimum Gasteiger partial charge on any atom is -0.481 e. The van der Waals surface area contributed by atoms with Crippen molar-refractivity contribution < 1.29 is 24.9 Å². The van der Waals surface area contributed by atoms with E-state index in [9.17, 15) is 24.9 Å². The summed E-state index contributed by atoms with van der Waals surface area (Å²) in [7, 11) is 0. The van der Waals surface area contributed by atoms with Gasteiger partial charge in [0, 0.05) is 19.0 Å². The number of aliphatic carboxylic acids is 1. The fourth-order valence-electron chi connectivity index (χ4n) is 4.25. The highest BCUT2D eigenvalue weighted by molar-refractivity contribution is 5.81. The monoisotopic (exact) mass is 361 g/mol. The molecule has 1 aromatic rings. The average molecular weight is 361 g/mol. The van der Waals surface area contributed by atoms with Gasteiger partial charge in [-0.05, 0) is 44.1 Å². The number of piperidine rings is 1. The van der Waals surface area contributed by atoms with Crippen LogP contribution in [-0.2, 0) is 16.0 Å². The molecule has 142 valence electrons. The number of aliphatic hydroxyl groups is 2. The molecule has 2 fully saturated rings. The smallest absolute Gasteiger partial charge is 0.312 e. The van der Waals surface area contributed by atoms with E-state index in [-0.39, 0.29) is 37.3 Å². The van der Waals surface area contributed by atoms with Crippen LogP contribution >= 0.6 is 0 Å². The van der Waals surface area contributed by atoms with Crippen molar-refractivity contribution in [3.8, 4) is 0 Å². The van der Waals surface area contributed by atoms with Crippen molar-refractivity contribution in [2.45, 2.75) is 50.7 Å². The molecular weight excluding hydrogens is 334 g/mol. The summed E-state index contributed by atoms with van der Waals surface area (Å²) in [5, 5.41) is 30.1. The number of carboxylic acid groups (broad SMARTS) is 1. The second-order valence-electron chi connectivity index (χ2n) is 7.68. The number of likely N-dealkylation sites (tertiary alicyclic amines) is 1. The van der Waals surface area contributed by atoms with Gasteiger partial charge < -0.3 is 20.2 Å². The molecule has 1 amide bonds. The van der Waals surface area contributed by atoms with Crippen LogP contribution in [0.5, 0.6) is 0 Å². The number of β-amino-alcohol motifs (C(OH)–C–C–N with tert-alkyl or cyclic N) is 1. The van der Waals surface area contributed by atoms with Crippen molar-refractivity contribution in [1.82, 2.24) is 4.90 Å². The summed E-state index contributed by atoms with van der Waals surface area (Å²) in [5.74, 6) is -1.16. The number of hydrogen-bond acceptors (Lipinski definition) is 4. The number of amides is 1. The Kier molecular flexibility index (Phi) is 5.63. The maximum atomic E-state index is 12.7. The number of nitrogens with zero attached hydrogens (tertiary/aromatic N) is 1. The van der Waals surface area contributed by atoms with Crippen LogP contribution in [0.2, 0.25) is 0 Å². The van der Waals surface area contributed by atoms with E-state index in [4.69, 9.17) is 0 Å². The summed E-state index contributed by atoms with van der Waals surface area (Å²) in [6, 6.07) is 9.31. The number of aliphatic hydroxyl groups excluding tert-OH is 2. The molecule has 1 aliphatic heterocycles. The highest BCUT2D eigenvalue weighted by Crippen LogP contribution is 2.37. The molecule has 1 aliphatic carbocycles. The van der Waals surface area contributed by atoms with Crippen LogP contribution in [0.3, 0.4) is 0 Å². The summed E-state index contributed by atoms with van der Waals surface area (Å²) in [6.45, 7) is 0.394. The lowest BCUT2D eigenvalue weighted by Crippen LogP contribution is -2.58. The van der Waals surface area contributed by atoms with E-state index < -0.39 is 17.5 Å². The number of carboxylic acids is 1. The zero-order valence-electron chi connectivity index (χ0n) is 14.9. The standard InChI is InChI=1S/C20H27NO5/c22-16-8-6-15(7-9-16)18(24)21-11-10-20(19(25)26,17(23)13-21)12-14-4-2-1-3-5-14/h1-5,15-17,22-23H,6-13H2,(H,25,26)/t15?,16?,17-,20+/m0/s1. The molecule has 3 rings (SSSR count). The predicted octanol–water partition coefficient (Wildman–Crippen LogP) is 1.44. The first-order chi connectivity index (χ1) is 12.4. The molecule has 0 unspecified atom stereocenters. The quantitative estimate of drug-likeness (QED) is 0.754. The van der Waals surface area contributed by atoms with Gasteiger partial charge in [0.1, 0.15) is 5.41 Å². The predicted molar refractivity (Wildman–Crippen MR) is 95.4 cm³/mol. The lowest BCUT2D eigenvalue weighted by molar-refractivity contribution is -0.167. The third-order valence-corrected chi connectivity index (χ3v) is 6.00. The molecule has 6 heteroatoms. The molecule has 1 heterocycles. The zero-order chi connectivity index (χ0) is 18.7. The first-order valence-electron chi connectivity index (χ1n) is 9.34. The highest BCUT2D eigenvalue weighted by atomic mass is 16.4. The second-order valence-corrected chi connectivity index (χ2v) is 7.68. The molecule has 2 atom stereocenters. The second kappa shape index (κ2) is 7.76. The van der Waals surface area contributed by atoms with Crippen LogP contribution in [-0.4, -0.2) is 57.4 Å². The van der Waals surface area contributed by atoms with Crippen molar-refractivity contribution in [2.75, 3.05) is 13.1 Å². The van der Waals surface area contributed by atoms with E-state index in [1.807, 2.05) is 30.3 Å². The minimum absolute atomic E-state index is 0.0188. The first-order valence-corrected chi connectivity index (χ1v) is 9.34. The summed E-state index contributed by atoms with van der Waals surface area (Å²) in [5.41, 5.74) is -0.393. The highest BCUT2D eigenvalue weighted by Gasteiger charge is 2.49. The van der Waals surface area contributed by atoms with Crippen molar-refractivity contribution in [1.29, 1.82) is 0 Å². The van der Waals surface area contributed by atoms with Crippen molar-refractivity contribution >= 4 is 11.9 Å². The van der Waals surface area contributed by atoms with Crippen LogP contribution in [0, 0.1) is 11.3 Å². The number of benzene rings is 1. The minimum atomic E-state index is -1.26. The number of rotatable bonds is 4. The maximum absolute atomic E-state index is 12.7. The largest absolute Gasteiger partial charge is 0.481 e. The van der Waals surface area contributed by atoms with Gasteiger partial charge in [0.25, 0.3) is 0 Å².